The van der Waals surface area contributed by atoms with Crippen molar-refractivity contribution in [1.29, 1.82) is 0 Å². The highest BCUT2D eigenvalue weighted by Gasteiger charge is 2.46. The van der Waals surface area contributed by atoms with Gasteiger partial charge in [-0.15, -0.1) is 0 Å². The van der Waals surface area contributed by atoms with Gasteiger partial charge < -0.3 is 33.7 Å². The van der Waals surface area contributed by atoms with E-state index in [2.05, 4.69) is 0 Å². The Labute approximate surface area is 221 Å². The Bertz CT molecular complexity index is 1190. The van der Waals surface area contributed by atoms with E-state index in [1.165, 1.54) is 45.5 Å². The number of carbonyl (C=O) groups excluding carboxylic acids is 2. The van der Waals surface area contributed by atoms with Crippen LogP contribution in [0.25, 0.3) is 5.76 Å². The zero-order valence-electron chi connectivity index (χ0n) is 21.8. The molecule has 1 aliphatic rings. The van der Waals surface area contributed by atoms with Crippen LogP contribution in [0.3, 0.4) is 0 Å². The Morgan fingerprint density at radius 1 is 0.946 bits per heavy atom. The normalized spacial score (nSPS) is 16.9. The molecule has 1 N–H and O–H groups in total. The second-order valence-electron chi connectivity index (χ2n) is 8.57. The summed E-state index contributed by atoms with van der Waals surface area (Å²) in [6.07, 6.45) is 0.525. The molecule has 1 amide bonds. The number of benzene rings is 2. The van der Waals surface area contributed by atoms with Crippen LogP contribution in [-0.2, 0) is 14.3 Å². The van der Waals surface area contributed by atoms with E-state index in [9.17, 15) is 14.7 Å². The average Bonchev–Trinajstić information content (AvgIpc) is 3.14. The molecule has 0 spiro atoms. The molecule has 1 atom stereocenters. The van der Waals surface area contributed by atoms with Crippen molar-refractivity contribution in [2.45, 2.75) is 32.4 Å². The Balaban J connectivity index is 2.19. The lowest BCUT2D eigenvalue weighted by molar-refractivity contribution is -0.140. The minimum Gasteiger partial charge on any atom is -0.507 e. The van der Waals surface area contributed by atoms with Gasteiger partial charge in [0, 0.05) is 19.2 Å². The fraction of sp³-hybridized carbons (Fsp3) is 0.407. The van der Waals surface area contributed by atoms with Crippen LogP contribution in [0.4, 0.5) is 0 Å². The lowest BCUT2D eigenvalue weighted by Gasteiger charge is -2.26. The molecule has 0 saturated carbocycles. The Hall–Kier alpha value is -3.43. The quantitative estimate of drug-likeness (QED) is 0.193. The fourth-order valence-corrected chi connectivity index (χ4v) is 4.47. The molecule has 2 aromatic rings. The van der Waals surface area contributed by atoms with E-state index in [4.69, 9.17) is 35.3 Å². The predicted octanol–water partition coefficient (Wildman–Crippen LogP) is 4.61. The van der Waals surface area contributed by atoms with Crippen molar-refractivity contribution in [3.05, 3.63) is 52.1 Å². The molecule has 10 heteroatoms. The number of likely N-dealkylation sites (tertiary alicyclic amines) is 1. The number of amides is 1. The van der Waals surface area contributed by atoms with E-state index in [-0.39, 0.29) is 34.6 Å². The number of halogens is 1. The summed E-state index contributed by atoms with van der Waals surface area (Å²) in [5.74, 6) is -0.518. The smallest absolute Gasteiger partial charge is 0.295 e. The number of ether oxygens (including phenoxy) is 5. The first-order chi connectivity index (χ1) is 17.7. The van der Waals surface area contributed by atoms with Crippen LogP contribution in [0.5, 0.6) is 23.0 Å². The van der Waals surface area contributed by atoms with Gasteiger partial charge in [0.2, 0.25) is 0 Å². The number of carbonyl (C=O) groups is 2. The molecule has 0 aromatic heterocycles. The number of aliphatic hydroxyl groups is 1. The molecule has 1 unspecified atom stereocenters. The Kier molecular flexibility index (Phi) is 9.29. The third kappa shape index (κ3) is 5.78. The summed E-state index contributed by atoms with van der Waals surface area (Å²) in [6, 6.07) is 7.12. The summed E-state index contributed by atoms with van der Waals surface area (Å²) in [4.78, 5) is 28.0. The first kappa shape index (κ1) is 28.1. The number of Topliss-reactive ketones (excluding diaryl/α,β-unsaturated/α-hetero) is 1. The van der Waals surface area contributed by atoms with Gasteiger partial charge in [-0.25, -0.2) is 0 Å². The molecule has 37 heavy (non-hydrogen) atoms. The largest absolute Gasteiger partial charge is 0.507 e. The second kappa shape index (κ2) is 12.2. The molecule has 1 heterocycles. The van der Waals surface area contributed by atoms with E-state index < -0.39 is 23.5 Å². The van der Waals surface area contributed by atoms with Gasteiger partial charge in [0.25, 0.3) is 11.7 Å². The molecule has 1 aliphatic heterocycles. The maximum atomic E-state index is 13.3. The van der Waals surface area contributed by atoms with Crippen molar-refractivity contribution in [2.24, 2.45) is 0 Å². The third-order valence-electron chi connectivity index (χ3n) is 5.99. The SMILES string of the molecule is COc1cc(OC)c(/C(O)=C2\C(=O)C(=O)N(CCCOC(C)C)C2c2ccc(OC)c(OC)c2)cc1Cl. The van der Waals surface area contributed by atoms with Crippen molar-refractivity contribution in [3.63, 3.8) is 0 Å². The first-order valence-corrected chi connectivity index (χ1v) is 12.1. The zero-order valence-corrected chi connectivity index (χ0v) is 22.5. The van der Waals surface area contributed by atoms with Crippen LogP contribution >= 0.6 is 11.6 Å². The van der Waals surface area contributed by atoms with E-state index in [1.54, 1.807) is 18.2 Å². The summed E-state index contributed by atoms with van der Waals surface area (Å²) < 4.78 is 27.1. The van der Waals surface area contributed by atoms with Gasteiger partial charge >= 0.3 is 0 Å². The summed E-state index contributed by atoms with van der Waals surface area (Å²) in [5.41, 5.74) is 0.614. The maximum Gasteiger partial charge on any atom is 0.295 e. The van der Waals surface area contributed by atoms with Crippen LogP contribution < -0.4 is 18.9 Å². The highest BCUT2D eigenvalue weighted by Crippen LogP contribution is 2.44. The highest BCUT2D eigenvalue weighted by atomic mass is 35.5. The van der Waals surface area contributed by atoms with Crippen LogP contribution in [0.2, 0.25) is 5.02 Å². The maximum absolute atomic E-state index is 13.3. The summed E-state index contributed by atoms with van der Waals surface area (Å²) in [5, 5.41) is 11.7. The number of hydrogen-bond donors (Lipinski definition) is 1. The molecule has 200 valence electrons. The van der Waals surface area contributed by atoms with Crippen molar-refractivity contribution < 1.29 is 38.4 Å². The molecular weight excluding hydrogens is 502 g/mol. The monoisotopic (exact) mass is 533 g/mol. The Morgan fingerprint density at radius 3 is 2.19 bits per heavy atom. The van der Waals surface area contributed by atoms with E-state index in [0.29, 0.717) is 35.8 Å². The second-order valence-corrected chi connectivity index (χ2v) is 8.97. The van der Waals surface area contributed by atoms with Crippen LogP contribution in [0.1, 0.15) is 37.4 Å². The van der Waals surface area contributed by atoms with Crippen LogP contribution in [0.15, 0.2) is 35.9 Å². The Morgan fingerprint density at radius 2 is 1.59 bits per heavy atom. The van der Waals surface area contributed by atoms with Crippen molar-refractivity contribution in [1.82, 2.24) is 4.90 Å². The van der Waals surface area contributed by atoms with Crippen LogP contribution in [0, 0.1) is 0 Å². The number of hydrogen-bond acceptors (Lipinski definition) is 8. The summed E-state index contributed by atoms with van der Waals surface area (Å²) >= 11 is 6.32. The third-order valence-corrected chi connectivity index (χ3v) is 6.28. The lowest BCUT2D eigenvalue weighted by Crippen LogP contribution is -2.31. The van der Waals surface area contributed by atoms with Gasteiger partial charge in [0.1, 0.15) is 17.3 Å². The van der Waals surface area contributed by atoms with Gasteiger partial charge in [0.15, 0.2) is 11.5 Å². The number of methoxy groups -OCH3 is 4. The minimum absolute atomic E-state index is 0.0318. The summed E-state index contributed by atoms with van der Waals surface area (Å²) in [7, 11) is 5.87. The standard InChI is InChI=1S/C27H32ClNO8/c1-15(2)37-11-7-10-29-24(16-8-9-19(33-3)22(12-16)36-6)23(26(31)27(29)32)25(30)17-13-18(28)21(35-5)14-20(17)34-4/h8-9,12-15,24,30H,7,10-11H2,1-6H3/b25-23+. The number of aliphatic hydroxyl groups excluding tert-OH is 1. The van der Waals surface area contributed by atoms with Crippen molar-refractivity contribution in [2.75, 3.05) is 41.6 Å². The van der Waals surface area contributed by atoms with Crippen molar-refractivity contribution in [3.8, 4) is 23.0 Å². The summed E-state index contributed by atoms with van der Waals surface area (Å²) in [6.45, 7) is 4.47. The number of rotatable bonds is 11. The van der Waals surface area contributed by atoms with Gasteiger partial charge in [-0.3, -0.25) is 9.59 Å². The average molecular weight is 534 g/mol. The first-order valence-electron chi connectivity index (χ1n) is 11.7. The topological polar surface area (TPSA) is 104 Å². The minimum atomic E-state index is -0.899. The molecule has 1 saturated heterocycles. The molecule has 1 fully saturated rings. The van der Waals surface area contributed by atoms with Gasteiger partial charge in [-0.2, -0.15) is 0 Å². The molecule has 3 rings (SSSR count). The van der Waals surface area contributed by atoms with Gasteiger partial charge in [-0.05, 0) is 44.0 Å². The molecule has 0 bridgehead atoms. The van der Waals surface area contributed by atoms with E-state index >= 15 is 0 Å². The van der Waals surface area contributed by atoms with Gasteiger partial charge in [0.05, 0.1) is 56.7 Å². The molecule has 0 aliphatic carbocycles. The molecule has 9 nitrogen and oxygen atoms in total. The molecular formula is C27H32ClNO8. The van der Waals surface area contributed by atoms with Gasteiger partial charge in [-0.1, -0.05) is 17.7 Å². The lowest BCUT2D eigenvalue weighted by atomic mass is 9.94. The predicted molar refractivity (Wildman–Crippen MR) is 139 cm³/mol. The zero-order chi connectivity index (χ0) is 27.3. The molecule has 2 aromatic carbocycles. The highest BCUT2D eigenvalue weighted by molar-refractivity contribution is 6.46. The van der Waals surface area contributed by atoms with Crippen LogP contribution in [-0.4, -0.2) is 69.4 Å². The number of ketones is 1. The van der Waals surface area contributed by atoms with E-state index in [0.717, 1.165) is 0 Å². The molecule has 0 radical (unpaired) electrons. The van der Waals surface area contributed by atoms with Crippen molar-refractivity contribution >= 4 is 29.1 Å². The number of nitrogens with zero attached hydrogens (tertiary/aromatic N) is 1. The fourth-order valence-electron chi connectivity index (χ4n) is 4.22. The van der Waals surface area contributed by atoms with E-state index in [1.807, 2.05) is 13.8 Å².